The first-order valence-electron chi connectivity index (χ1n) is 16.1. The lowest BCUT2D eigenvalue weighted by Crippen LogP contribution is -2.38. The topological polar surface area (TPSA) is 134 Å². The number of rotatable bonds is 10. The number of fused-ring (bicyclic) bond motifs is 1. The van der Waals surface area contributed by atoms with Gasteiger partial charge in [-0.2, -0.15) is 0 Å². The number of H-pyrrole nitrogens is 1. The minimum atomic E-state index is -0.548. The molecule has 1 saturated heterocycles. The number of nitrogens with two attached hydrogens (primary N) is 1. The van der Waals surface area contributed by atoms with Crippen LogP contribution in [0.15, 0.2) is 84.0 Å². The first-order chi connectivity index (χ1) is 23.0. The Hall–Kier alpha value is -5.29. The van der Waals surface area contributed by atoms with Gasteiger partial charge in [0.15, 0.2) is 0 Å². The summed E-state index contributed by atoms with van der Waals surface area (Å²) in [5.74, 6) is 2.34. The average Bonchev–Trinajstić information content (AvgIpc) is 3.56. The summed E-state index contributed by atoms with van der Waals surface area (Å²) >= 11 is 0. The number of carbonyl (C=O) groups is 1. The standard InChI is InChI=1S/C37H41N5O6/c1-37(2,3)48-36(44)24-8-11-33(40-22-24)42-16-13-26(14-17-42)45-18-19-46-27-6-5-7-28(21-27)47-32-10-9-25(38)20-30(32)31-23-41(4)35(43)34-29(31)12-15-39-34/h5-12,15,20-23,26,39H,13-14,16-19,38H2,1-4H3. The molecule has 3 N–H and O–H groups in total. The fourth-order valence-corrected chi connectivity index (χ4v) is 5.74. The smallest absolute Gasteiger partial charge is 0.340 e. The number of esters is 1. The number of anilines is 2. The first-order valence-corrected chi connectivity index (χ1v) is 16.1. The number of carbonyl (C=O) groups excluding carboxylic acids is 1. The van der Waals surface area contributed by atoms with E-state index in [0.717, 1.165) is 48.3 Å². The number of piperidine rings is 1. The summed E-state index contributed by atoms with van der Waals surface area (Å²) in [6, 6.07) is 18.4. The average molecular weight is 652 g/mol. The minimum Gasteiger partial charge on any atom is -0.491 e. The normalized spacial score (nSPS) is 13.9. The van der Waals surface area contributed by atoms with Crippen LogP contribution >= 0.6 is 0 Å². The van der Waals surface area contributed by atoms with Crippen LogP contribution in [-0.2, 0) is 16.5 Å². The summed E-state index contributed by atoms with van der Waals surface area (Å²) < 4.78 is 25.5. The van der Waals surface area contributed by atoms with Crippen LogP contribution in [0.5, 0.6) is 17.2 Å². The van der Waals surface area contributed by atoms with Crippen molar-refractivity contribution in [2.45, 2.75) is 45.3 Å². The van der Waals surface area contributed by atoms with E-state index in [4.69, 9.17) is 24.7 Å². The van der Waals surface area contributed by atoms with E-state index in [1.807, 2.05) is 69.3 Å². The molecule has 0 saturated carbocycles. The van der Waals surface area contributed by atoms with E-state index >= 15 is 0 Å². The van der Waals surface area contributed by atoms with Gasteiger partial charge in [-0.25, -0.2) is 9.78 Å². The van der Waals surface area contributed by atoms with Crippen molar-refractivity contribution in [1.29, 1.82) is 0 Å². The van der Waals surface area contributed by atoms with Crippen molar-refractivity contribution in [3.05, 3.63) is 95.2 Å². The molecule has 3 aromatic heterocycles. The molecule has 0 aliphatic carbocycles. The molecule has 11 heteroatoms. The van der Waals surface area contributed by atoms with Gasteiger partial charge in [-0.3, -0.25) is 4.79 Å². The van der Waals surface area contributed by atoms with Crippen LogP contribution in [0.4, 0.5) is 11.5 Å². The Kier molecular flexibility index (Phi) is 9.40. The maximum atomic E-state index is 12.6. The van der Waals surface area contributed by atoms with Crippen LogP contribution in [0.2, 0.25) is 0 Å². The Bertz CT molecular complexity index is 1950. The van der Waals surface area contributed by atoms with Gasteiger partial charge in [0.1, 0.15) is 40.8 Å². The van der Waals surface area contributed by atoms with Crippen LogP contribution in [-0.4, -0.2) is 58.5 Å². The van der Waals surface area contributed by atoms with E-state index in [0.29, 0.717) is 47.2 Å². The maximum absolute atomic E-state index is 12.6. The van der Waals surface area contributed by atoms with E-state index in [2.05, 4.69) is 14.9 Å². The summed E-state index contributed by atoms with van der Waals surface area (Å²) in [5, 5.41) is 0.793. The third kappa shape index (κ3) is 7.63. The van der Waals surface area contributed by atoms with Crippen molar-refractivity contribution < 1.29 is 23.7 Å². The van der Waals surface area contributed by atoms with Gasteiger partial charge in [-0.15, -0.1) is 0 Å². The fraction of sp³-hybridized carbons (Fsp3) is 0.324. The molecule has 0 radical (unpaired) electrons. The van der Waals surface area contributed by atoms with Crippen molar-refractivity contribution in [3.63, 3.8) is 0 Å². The van der Waals surface area contributed by atoms with Crippen LogP contribution in [0, 0.1) is 0 Å². The molecule has 0 bridgehead atoms. The molecule has 0 spiro atoms. The predicted molar refractivity (Wildman–Crippen MR) is 186 cm³/mol. The zero-order valence-electron chi connectivity index (χ0n) is 27.7. The van der Waals surface area contributed by atoms with Gasteiger partial charge in [0.2, 0.25) is 0 Å². The SMILES string of the molecule is Cn1cc(-c2cc(N)ccc2Oc2cccc(OCCOC3CCN(c4ccc(C(=O)OC(C)(C)C)cn4)CC3)c2)c2cc[nH]c2c1=O. The minimum absolute atomic E-state index is 0.106. The van der Waals surface area contributed by atoms with Crippen LogP contribution < -0.4 is 25.7 Å². The summed E-state index contributed by atoms with van der Waals surface area (Å²) in [5.41, 5.74) is 8.67. The van der Waals surface area contributed by atoms with E-state index in [9.17, 15) is 9.59 Å². The van der Waals surface area contributed by atoms with Crippen molar-refractivity contribution >= 4 is 28.4 Å². The van der Waals surface area contributed by atoms with Gasteiger partial charge in [-0.05, 0) is 82.1 Å². The van der Waals surface area contributed by atoms with Gasteiger partial charge in [0.25, 0.3) is 5.56 Å². The highest BCUT2D eigenvalue weighted by atomic mass is 16.6. The molecule has 250 valence electrons. The van der Waals surface area contributed by atoms with Crippen molar-refractivity contribution in [1.82, 2.24) is 14.5 Å². The molecule has 48 heavy (non-hydrogen) atoms. The van der Waals surface area contributed by atoms with Gasteiger partial charge in [0, 0.05) is 67.0 Å². The van der Waals surface area contributed by atoms with Crippen LogP contribution in [0.25, 0.3) is 22.0 Å². The number of aryl methyl sites for hydroxylation is 1. The number of hydrogen-bond acceptors (Lipinski definition) is 9. The van der Waals surface area contributed by atoms with E-state index < -0.39 is 5.60 Å². The molecule has 5 aromatic rings. The molecule has 0 amide bonds. The molecular weight excluding hydrogens is 610 g/mol. The Morgan fingerprint density at radius 2 is 1.79 bits per heavy atom. The second-order valence-corrected chi connectivity index (χ2v) is 12.9. The summed E-state index contributed by atoms with van der Waals surface area (Å²) in [6.45, 7) is 8.01. The number of aromatic amines is 1. The van der Waals surface area contributed by atoms with Gasteiger partial charge in [-0.1, -0.05) is 6.07 Å². The number of hydrogen-bond donors (Lipinski definition) is 2. The molecule has 0 unspecified atom stereocenters. The number of pyridine rings is 2. The van der Waals surface area contributed by atoms with Crippen molar-refractivity contribution in [2.24, 2.45) is 7.05 Å². The van der Waals surface area contributed by atoms with Crippen LogP contribution in [0.3, 0.4) is 0 Å². The second kappa shape index (κ2) is 13.8. The molecule has 1 aliphatic heterocycles. The predicted octanol–water partition coefficient (Wildman–Crippen LogP) is 6.32. The largest absolute Gasteiger partial charge is 0.491 e. The molecule has 1 aliphatic rings. The number of ether oxygens (including phenoxy) is 4. The lowest BCUT2D eigenvalue weighted by molar-refractivity contribution is 0.00690. The van der Waals surface area contributed by atoms with Gasteiger partial charge < -0.3 is 39.1 Å². The number of nitrogens with one attached hydrogen (secondary N) is 1. The molecule has 6 rings (SSSR count). The zero-order chi connectivity index (χ0) is 33.8. The fourth-order valence-electron chi connectivity index (χ4n) is 5.74. The molecule has 0 atom stereocenters. The highest BCUT2D eigenvalue weighted by Crippen LogP contribution is 2.38. The maximum Gasteiger partial charge on any atom is 0.340 e. The lowest BCUT2D eigenvalue weighted by Gasteiger charge is -2.32. The third-order valence-corrected chi connectivity index (χ3v) is 8.08. The Labute approximate surface area is 279 Å². The molecule has 4 heterocycles. The van der Waals surface area contributed by atoms with E-state index in [1.54, 1.807) is 42.3 Å². The molecule has 11 nitrogen and oxygen atoms in total. The Morgan fingerprint density at radius 3 is 2.54 bits per heavy atom. The molecule has 1 fully saturated rings. The monoisotopic (exact) mass is 651 g/mol. The lowest BCUT2D eigenvalue weighted by atomic mass is 10.0. The number of nitrogen functional groups attached to an aromatic ring is 1. The van der Waals surface area contributed by atoms with Crippen LogP contribution in [0.1, 0.15) is 44.0 Å². The Balaban J connectivity index is 1.00. The van der Waals surface area contributed by atoms with E-state index in [1.165, 1.54) is 0 Å². The first kappa shape index (κ1) is 32.6. The highest BCUT2D eigenvalue weighted by Gasteiger charge is 2.22. The third-order valence-electron chi connectivity index (χ3n) is 8.08. The van der Waals surface area contributed by atoms with Crippen molar-refractivity contribution in [3.8, 4) is 28.4 Å². The number of benzene rings is 2. The summed E-state index contributed by atoms with van der Waals surface area (Å²) in [6.07, 6.45) is 7.00. The zero-order valence-corrected chi connectivity index (χ0v) is 27.7. The van der Waals surface area contributed by atoms with Crippen molar-refractivity contribution in [2.75, 3.05) is 36.9 Å². The number of nitrogens with zero attached hydrogens (tertiary/aromatic N) is 3. The second-order valence-electron chi connectivity index (χ2n) is 12.9. The van der Waals surface area contributed by atoms with E-state index in [-0.39, 0.29) is 17.6 Å². The van der Waals surface area contributed by atoms with Gasteiger partial charge >= 0.3 is 5.97 Å². The molecular formula is C37H41N5O6. The summed E-state index contributed by atoms with van der Waals surface area (Å²) in [7, 11) is 1.72. The Morgan fingerprint density at radius 1 is 1.00 bits per heavy atom. The number of aromatic nitrogens is 3. The van der Waals surface area contributed by atoms with Gasteiger partial charge in [0.05, 0.1) is 18.3 Å². The quantitative estimate of drug-likeness (QED) is 0.101. The highest BCUT2D eigenvalue weighted by molar-refractivity contribution is 5.96. The molecule has 2 aromatic carbocycles. The summed E-state index contributed by atoms with van der Waals surface area (Å²) in [4.78, 5) is 34.6.